The van der Waals surface area contributed by atoms with Crippen LogP contribution in [0.1, 0.15) is 5.56 Å². The van der Waals surface area contributed by atoms with Crippen molar-refractivity contribution in [2.45, 2.75) is 6.61 Å². The summed E-state index contributed by atoms with van der Waals surface area (Å²) in [5.74, 6) is -1.30. The summed E-state index contributed by atoms with van der Waals surface area (Å²) in [6.45, 7) is -5.26. The summed E-state index contributed by atoms with van der Waals surface area (Å²) in [5.41, 5.74) is -0.512. The number of benzene rings is 2. The Morgan fingerprint density at radius 3 is 2.33 bits per heavy atom. The van der Waals surface area contributed by atoms with Crippen LogP contribution in [0, 0.1) is 5.82 Å². The molecule has 0 saturated heterocycles. The number of ether oxygens (including phenoxy) is 1. The summed E-state index contributed by atoms with van der Waals surface area (Å²) < 4.78 is 55.9. The Morgan fingerprint density at radius 1 is 1.05 bits per heavy atom. The number of hydrogen-bond acceptors (Lipinski definition) is 1. The minimum Gasteiger partial charge on any atom is -0.489 e. The Labute approximate surface area is 167 Å². The summed E-state index contributed by atoms with van der Waals surface area (Å²) in [7, 11) is 0. The maximum atomic E-state index is 13.3. The molecule has 8 heteroatoms. The third kappa shape index (κ3) is 5.58. The van der Waals surface area contributed by atoms with Gasteiger partial charge in [-0.3, -0.25) is 0 Å². The van der Waals surface area contributed by atoms with E-state index in [9.17, 15) is 17.3 Å². The van der Waals surface area contributed by atoms with Crippen molar-refractivity contribution in [1.82, 2.24) is 0 Å². The van der Waals surface area contributed by atoms with Gasteiger partial charge in [-0.2, -0.15) is 0 Å². The molecule has 0 amide bonds. The maximum Gasteiger partial charge on any atom is 1.00 e. The van der Waals surface area contributed by atoms with Crippen LogP contribution in [0.2, 0.25) is 5.02 Å². The molecule has 0 N–H and O–H groups in total. The minimum atomic E-state index is -5.36. The van der Waals surface area contributed by atoms with E-state index in [4.69, 9.17) is 16.3 Å². The summed E-state index contributed by atoms with van der Waals surface area (Å²) in [4.78, 5) is 0. The molecule has 2 aromatic carbocycles. The van der Waals surface area contributed by atoms with E-state index >= 15 is 0 Å². The number of halogens is 5. The van der Waals surface area contributed by atoms with Crippen LogP contribution < -0.4 is 61.6 Å². The van der Waals surface area contributed by atoms with Gasteiger partial charge in [0, 0.05) is 11.1 Å². The molecule has 0 atom stereocenters. The number of hydrogen-bond donors (Lipinski definition) is 0. The zero-order valence-corrected chi connectivity index (χ0v) is 15.0. The van der Waals surface area contributed by atoms with E-state index in [2.05, 4.69) is 0 Å². The average molecular weight is 343 g/mol. The van der Waals surface area contributed by atoms with Gasteiger partial charge in [0.2, 0.25) is 0 Å². The van der Waals surface area contributed by atoms with Crippen molar-refractivity contribution in [1.29, 1.82) is 0 Å². The van der Waals surface area contributed by atoms with Gasteiger partial charge in [-0.1, -0.05) is 35.3 Å². The zero-order valence-electron chi connectivity index (χ0n) is 11.1. The molecule has 0 aromatic heterocycles. The van der Waals surface area contributed by atoms with Gasteiger partial charge in [0.15, 0.2) is 0 Å². The fourth-order valence-electron chi connectivity index (χ4n) is 1.66. The van der Waals surface area contributed by atoms with Crippen LogP contribution in [0.15, 0.2) is 42.5 Å². The van der Waals surface area contributed by atoms with Crippen molar-refractivity contribution in [3.63, 3.8) is 0 Å². The second-order valence-corrected chi connectivity index (χ2v) is 4.61. The molecule has 0 radical (unpaired) electrons. The van der Waals surface area contributed by atoms with E-state index in [0.29, 0.717) is 11.1 Å². The van der Waals surface area contributed by atoms with Crippen molar-refractivity contribution >= 4 is 24.0 Å². The first-order valence-corrected chi connectivity index (χ1v) is 6.11. The van der Waals surface area contributed by atoms with Crippen LogP contribution in [-0.4, -0.2) is 6.98 Å². The van der Waals surface area contributed by atoms with Crippen LogP contribution in [0.25, 0.3) is 0 Å². The first-order chi connectivity index (χ1) is 9.36. The van der Waals surface area contributed by atoms with Gasteiger partial charge >= 0.3 is 58.4 Å². The van der Waals surface area contributed by atoms with E-state index in [1.807, 2.05) is 0 Å². The molecule has 0 aliphatic rings. The fraction of sp³-hybridized carbons (Fsp3) is 0.0769. The van der Waals surface area contributed by atoms with Gasteiger partial charge in [0.1, 0.15) is 12.4 Å². The van der Waals surface area contributed by atoms with Crippen molar-refractivity contribution in [3.05, 3.63) is 58.9 Å². The van der Waals surface area contributed by atoms with Crippen molar-refractivity contribution in [2.75, 3.05) is 0 Å². The molecular formula is C13H9BClF4KO. The topological polar surface area (TPSA) is 9.23 Å². The maximum absolute atomic E-state index is 13.3. The van der Waals surface area contributed by atoms with Gasteiger partial charge in [0.25, 0.3) is 0 Å². The number of rotatable bonds is 4. The van der Waals surface area contributed by atoms with E-state index in [1.54, 1.807) is 24.3 Å². The average Bonchev–Trinajstić information content (AvgIpc) is 2.35. The molecule has 106 valence electrons. The third-order valence-corrected chi connectivity index (χ3v) is 2.85. The molecule has 2 aromatic rings. The molecule has 0 fully saturated rings. The molecule has 21 heavy (non-hydrogen) atoms. The van der Waals surface area contributed by atoms with E-state index < -0.39 is 18.3 Å². The van der Waals surface area contributed by atoms with Crippen molar-refractivity contribution < 1.29 is 73.5 Å². The van der Waals surface area contributed by atoms with Gasteiger partial charge in [0.05, 0.1) is 5.82 Å². The van der Waals surface area contributed by atoms with Crippen molar-refractivity contribution in [3.8, 4) is 5.75 Å². The van der Waals surface area contributed by atoms with Crippen LogP contribution in [0.5, 0.6) is 5.75 Å². The van der Waals surface area contributed by atoms with Crippen molar-refractivity contribution in [2.24, 2.45) is 0 Å². The van der Waals surface area contributed by atoms with E-state index in [-0.39, 0.29) is 63.7 Å². The van der Waals surface area contributed by atoms with Gasteiger partial charge in [-0.15, -0.1) is 0 Å². The molecular weight excluding hydrogens is 333 g/mol. The van der Waals surface area contributed by atoms with Crippen LogP contribution in [0.3, 0.4) is 0 Å². The zero-order chi connectivity index (χ0) is 14.8. The van der Waals surface area contributed by atoms with Crippen LogP contribution in [-0.2, 0) is 6.61 Å². The van der Waals surface area contributed by atoms with Gasteiger partial charge in [-0.05, 0) is 23.8 Å². The predicted octanol–water partition coefficient (Wildman–Crippen LogP) is 1.12. The normalized spacial score (nSPS) is 10.9. The first kappa shape index (κ1) is 19.0. The SMILES string of the molecule is Fc1cc(OCc2cccc(Cl)c2)ccc1[B-](F)(F)F.[K+]. The molecule has 0 unspecified atom stereocenters. The smallest absolute Gasteiger partial charge is 0.489 e. The second kappa shape index (κ2) is 7.99. The Kier molecular flexibility index (Phi) is 7.23. The Morgan fingerprint density at radius 2 is 1.76 bits per heavy atom. The molecule has 0 heterocycles. The monoisotopic (exact) mass is 342 g/mol. The summed E-state index contributed by atoms with van der Waals surface area (Å²) in [6.07, 6.45) is 0. The summed E-state index contributed by atoms with van der Waals surface area (Å²) in [6, 6.07) is 9.32. The quantitative estimate of drug-likeness (QED) is 0.598. The molecule has 2 rings (SSSR count). The summed E-state index contributed by atoms with van der Waals surface area (Å²) in [5, 5.41) is 0.521. The largest absolute Gasteiger partial charge is 1.00 e. The van der Waals surface area contributed by atoms with Gasteiger partial charge < -0.3 is 17.7 Å². The minimum absolute atomic E-state index is 0. The Bertz CT molecular complexity index is 621. The Hall–Kier alpha value is -0.0487. The third-order valence-electron chi connectivity index (χ3n) is 2.62. The fourth-order valence-corrected chi connectivity index (χ4v) is 1.87. The van der Waals surface area contributed by atoms with Crippen LogP contribution in [0.4, 0.5) is 17.3 Å². The van der Waals surface area contributed by atoms with Gasteiger partial charge in [-0.25, -0.2) is 4.39 Å². The molecule has 0 spiro atoms. The molecule has 0 aliphatic heterocycles. The Balaban J connectivity index is 0.00000220. The molecule has 0 saturated carbocycles. The second-order valence-electron chi connectivity index (χ2n) is 4.18. The molecule has 1 nitrogen and oxygen atoms in total. The standard InChI is InChI=1S/C13H9BClF4O.K/c15-10-3-1-2-9(6-10)8-20-11-4-5-12(13(16)7-11)14(17,18)19;/h1-7H,8H2;/q-1;+1. The predicted molar refractivity (Wildman–Crippen MR) is 70.9 cm³/mol. The molecule has 0 aliphatic carbocycles. The molecule has 0 bridgehead atoms. The van der Waals surface area contributed by atoms with E-state index in [0.717, 1.165) is 17.7 Å². The first-order valence-electron chi connectivity index (χ1n) is 5.73. The summed E-state index contributed by atoms with van der Waals surface area (Å²) >= 11 is 5.78. The van der Waals surface area contributed by atoms with E-state index in [1.165, 1.54) is 0 Å². The van der Waals surface area contributed by atoms with Crippen LogP contribution >= 0.6 is 11.6 Å².